The number of ether oxygens (including phenoxy) is 2. The molecule has 2 fully saturated rings. The zero-order valence-corrected chi connectivity index (χ0v) is 14.5. The van der Waals surface area contributed by atoms with Crippen LogP contribution in [0.25, 0.3) is 0 Å². The van der Waals surface area contributed by atoms with Crippen molar-refractivity contribution in [2.45, 2.75) is 77.3 Å². The average Bonchev–Trinajstić information content (AvgIpc) is 2.69. The Balaban J connectivity index is 2.43. The number of fused-ring (bicyclic) bond motifs is 2. The lowest BCUT2D eigenvalue weighted by Gasteiger charge is -2.45. The Morgan fingerprint density at radius 2 is 1.68 bits per heavy atom. The van der Waals surface area contributed by atoms with Crippen molar-refractivity contribution in [1.29, 1.82) is 0 Å². The third kappa shape index (κ3) is 2.71. The standard InChI is InChI=1S/C17H32O5/c1-15(2)8-7-12(18)17(20)9-6-11(16(17,3)4)13(14(15)19)22-10-21-5/h11-14,18-20H,6-10H2,1-5H3/t11?,12-,13+,14+,17?/m0/s1. The highest BCUT2D eigenvalue weighted by atomic mass is 16.7. The van der Waals surface area contributed by atoms with Gasteiger partial charge in [0.15, 0.2) is 0 Å². The van der Waals surface area contributed by atoms with Crippen molar-refractivity contribution in [3.05, 3.63) is 0 Å². The highest BCUT2D eigenvalue weighted by molar-refractivity contribution is 5.11. The molecule has 0 saturated heterocycles. The summed E-state index contributed by atoms with van der Waals surface area (Å²) in [5.74, 6) is -0.0327. The van der Waals surface area contributed by atoms with Crippen molar-refractivity contribution in [2.24, 2.45) is 16.7 Å². The minimum atomic E-state index is -1.13. The van der Waals surface area contributed by atoms with Crippen LogP contribution < -0.4 is 0 Å². The van der Waals surface area contributed by atoms with Gasteiger partial charge in [0.05, 0.1) is 23.9 Å². The van der Waals surface area contributed by atoms with Gasteiger partial charge in [-0.2, -0.15) is 0 Å². The lowest BCUT2D eigenvalue weighted by atomic mass is 9.67. The first-order chi connectivity index (χ1) is 10.1. The van der Waals surface area contributed by atoms with Crippen LogP contribution in [0.3, 0.4) is 0 Å². The molecule has 5 heteroatoms. The summed E-state index contributed by atoms with van der Waals surface area (Å²) in [6.07, 6.45) is 0.513. The minimum Gasteiger partial charge on any atom is -0.390 e. The first-order valence-corrected chi connectivity index (χ1v) is 8.27. The molecule has 2 saturated carbocycles. The zero-order chi connectivity index (χ0) is 16.8. The summed E-state index contributed by atoms with van der Waals surface area (Å²) in [6.45, 7) is 8.04. The maximum Gasteiger partial charge on any atom is 0.146 e. The molecule has 2 bridgehead atoms. The molecule has 0 aromatic carbocycles. The summed E-state index contributed by atoms with van der Waals surface area (Å²) in [6, 6.07) is 0. The minimum absolute atomic E-state index is 0.0327. The normalized spacial score (nSPS) is 44.2. The van der Waals surface area contributed by atoms with Crippen LogP contribution in [0.2, 0.25) is 0 Å². The van der Waals surface area contributed by atoms with E-state index in [0.717, 1.165) is 6.42 Å². The maximum absolute atomic E-state index is 11.1. The number of rotatable bonds is 3. The number of hydrogen-bond donors (Lipinski definition) is 3. The van der Waals surface area contributed by atoms with Gasteiger partial charge in [0.1, 0.15) is 6.79 Å². The molecule has 2 rings (SSSR count). The van der Waals surface area contributed by atoms with Crippen LogP contribution in [0.15, 0.2) is 0 Å². The molecule has 130 valence electrons. The van der Waals surface area contributed by atoms with Gasteiger partial charge < -0.3 is 24.8 Å². The summed E-state index contributed by atoms with van der Waals surface area (Å²) < 4.78 is 10.9. The lowest BCUT2D eigenvalue weighted by molar-refractivity contribution is -0.185. The van der Waals surface area contributed by atoms with Gasteiger partial charge in [-0.3, -0.25) is 0 Å². The molecule has 0 radical (unpaired) electrons. The second-order valence-corrected chi connectivity index (χ2v) is 8.32. The van der Waals surface area contributed by atoms with Crippen LogP contribution in [-0.4, -0.2) is 53.1 Å². The van der Waals surface area contributed by atoms with Crippen LogP contribution in [0.5, 0.6) is 0 Å². The second-order valence-electron chi connectivity index (χ2n) is 8.32. The summed E-state index contributed by atoms with van der Waals surface area (Å²) >= 11 is 0. The molecule has 5 nitrogen and oxygen atoms in total. The van der Waals surface area contributed by atoms with Gasteiger partial charge >= 0.3 is 0 Å². The molecule has 2 aliphatic rings. The van der Waals surface area contributed by atoms with E-state index in [2.05, 4.69) is 0 Å². The Labute approximate surface area is 133 Å². The van der Waals surface area contributed by atoms with Gasteiger partial charge in [-0.25, -0.2) is 0 Å². The average molecular weight is 316 g/mol. The quantitative estimate of drug-likeness (QED) is 0.691. The molecule has 0 aliphatic heterocycles. The van der Waals surface area contributed by atoms with Crippen molar-refractivity contribution in [3.63, 3.8) is 0 Å². The van der Waals surface area contributed by atoms with E-state index in [9.17, 15) is 15.3 Å². The van der Waals surface area contributed by atoms with Gasteiger partial charge in [-0.1, -0.05) is 27.7 Å². The van der Waals surface area contributed by atoms with Crippen molar-refractivity contribution in [2.75, 3.05) is 13.9 Å². The molecular formula is C17H32O5. The Morgan fingerprint density at radius 1 is 1.05 bits per heavy atom. The third-order valence-corrected chi connectivity index (χ3v) is 6.38. The van der Waals surface area contributed by atoms with Crippen LogP contribution >= 0.6 is 0 Å². The highest BCUT2D eigenvalue weighted by Gasteiger charge is 2.61. The zero-order valence-electron chi connectivity index (χ0n) is 14.5. The maximum atomic E-state index is 11.1. The smallest absolute Gasteiger partial charge is 0.146 e. The van der Waals surface area contributed by atoms with Crippen molar-refractivity contribution in [1.82, 2.24) is 0 Å². The summed E-state index contributed by atoms with van der Waals surface area (Å²) in [5.41, 5.74) is -2.06. The predicted molar refractivity (Wildman–Crippen MR) is 83.2 cm³/mol. The molecule has 2 aliphatic carbocycles. The number of methoxy groups -OCH3 is 1. The monoisotopic (exact) mass is 316 g/mol. The molecule has 22 heavy (non-hydrogen) atoms. The number of aliphatic hydroxyl groups excluding tert-OH is 2. The van der Waals surface area contributed by atoms with Gasteiger partial charge in [0.2, 0.25) is 0 Å². The van der Waals surface area contributed by atoms with Crippen LogP contribution in [-0.2, 0) is 9.47 Å². The fourth-order valence-corrected chi connectivity index (χ4v) is 4.46. The molecule has 0 heterocycles. The van der Waals surface area contributed by atoms with E-state index in [1.54, 1.807) is 7.11 Å². The Bertz CT molecular complexity index is 395. The van der Waals surface area contributed by atoms with Crippen LogP contribution in [0.4, 0.5) is 0 Å². The molecular weight excluding hydrogens is 284 g/mol. The van der Waals surface area contributed by atoms with Crippen molar-refractivity contribution < 1.29 is 24.8 Å². The van der Waals surface area contributed by atoms with E-state index in [0.29, 0.717) is 19.3 Å². The van der Waals surface area contributed by atoms with Crippen LogP contribution in [0.1, 0.15) is 53.4 Å². The Kier molecular flexibility index (Phi) is 4.97. The van der Waals surface area contributed by atoms with E-state index in [1.807, 2.05) is 27.7 Å². The van der Waals surface area contributed by atoms with Gasteiger partial charge in [-0.05, 0) is 37.0 Å². The molecule has 0 spiro atoms. The fraction of sp³-hybridized carbons (Fsp3) is 1.00. The molecule has 3 N–H and O–H groups in total. The van der Waals surface area contributed by atoms with Crippen molar-refractivity contribution in [3.8, 4) is 0 Å². The third-order valence-electron chi connectivity index (χ3n) is 6.38. The van der Waals surface area contributed by atoms with Gasteiger partial charge in [0, 0.05) is 12.5 Å². The largest absolute Gasteiger partial charge is 0.390 e. The highest BCUT2D eigenvalue weighted by Crippen LogP contribution is 2.56. The molecule has 0 aromatic heterocycles. The van der Waals surface area contributed by atoms with E-state index in [1.165, 1.54) is 0 Å². The SMILES string of the molecule is COCO[C@@H]1C2CCC(O)([C@@H](O)CCC(C)(C)[C@@H]1O)C2(C)C. The Morgan fingerprint density at radius 3 is 2.27 bits per heavy atom. The molecule has 0 amide bonds. The van der Waals surface area contributed by atoms with E-state index in [4.69, 9.17) is 9.47 Å². The lowest BCUT2D eigenvalue weighted by Crippen LogP contribution is -2.54. The van der Waals surface area contributed by atoms with E-state index < -0.39 is 34.7 Å². The topological polar surface area (TPSA) is 79.2 Å². The fourth-order valence-electron chi connectivity index (χ4n) is 4.46. The predicted octanol–water partition coefficient (Wildman–Crippen LogP) is 1.68. The van der Waals surface area contributed by atoms with Gasteiger partial charge in [0.25, 0.3) is 0 Å². The first-order valence-electron chi connectivity index (χ1n) is 8.27. The van der Waals surface area contributed by atoms with E-state index in [-0.39, 0.29) is 12.7 Å². The summed E-state index contributed by atoms with van der Waals surface area (Å²) in [7, 11) is 1.56. The second kappa shape index (κ2) is 6.02. The first kappa shape index (κ1) is 18.1. The van der Waals surface area contributed by atoms with E-state index >= 15 is 0 Å². The summed E-state index contributed by atoms with van der Waals surface area (Å²) in [5, 5.41) is 32.7. The van der Waals surface area contributed by atoms with Crippen LogP contribution in [0, 0.1) is 16.7 Å². The Hall–Kier alpha value is -0.200. The number of hydrogen-bond acceptors (Lipinski definition) is 5. The number of aliphatic hydroxyl groups is 3. The summed E-state index contributed by atoms with van der Waals surface area (Å²) in [4.78, 5) is 0. The van der Waals surface area contributed by atoms with Crippen molar-refractivity contribution >= 4 is 0 Å². The van der Waals surface area contributed by atoms with Gasteiger partial charge in [-0.15, -0.1) is 0 Å². The molecule has 2 unspecified atom stereocenters. The molecule has 5 atom stereocenters. The molecule has 0 aromatic rings.